The summed E-state index contributed by atoms with van der Waals surface area (Å²) in [6.07, 6.45) is 2.69. The van der Waals surface area contributed by atoms with Crippen molar-refractivity contribution in [2.45, 2.75) is 31.8 Å². The van der Waals surface area contributed by atoms with Crippen LogP contribution in [0.2, 0.25) is 0 Å². The summed E-state index contributed by atoms with van der Waals surface area (Å²) in [6.45, 7) is 2.16. The first-order valence-electron chi connectivity index (χ1n) is 9.96. The summed E-state index contributed by atoms with van der Waals surface area (Å²) in [7, 11) is 0. The number of urea groups is 1. The lowest BCUT2D eigenvalue weighted by Gasteiger charge is -2.33. The third-order valence-electron chi connectivity index (χ3n) is 4.87. The maximum atomic E-state index is 13.2. The quantitative estimate of drug-likeness (QED) is 0.542. The number of amides is 2. The Balaban J connectivity index is 0.00000101. The average Bonchev–Trinajstić information content (AvgIpc) is 2.75. The van der Waals surface area contributed by atoms with Crippen LogP contribution in [-0.4, -0.2) is 48.2 Å². The Morgan fingerprint density at radius 1 is 1.17 bits per heavy atom. The molecule has 1 aliphatic heterocycles. The molecule has 2 aromatic rings. The van der Waals surface area contributed by atoms with Gasteiger partial charge in [-0.25, -0.2) is 9.18 Å². The van der Waals surface area contributed by atoms with Gasteiger partial charge in [0.1, 0.15) is 5.82 Å². The highest BCUT2D eigenvalue weighted by Crippen LogP contribution is 2.17. The van der Waals surface area contributed by atoms with Crippen molar-refractivity contribution >= 4 is 18.2 Å². The number of nitrogens with two attached hydrogens (primary N) is 1. The number of likely N-dealkylation sites (tertiary alicyclic amines) is 1. The maximum Gasteiger partial charge on any atom is 0.317 e. The Kier molecular flexibility index (Phi) is 9.60. The van der Waals surface area contributed by atoms with Crippen molar-refractivity contribution in [3.8, 4) is 0 Å². The fraction of sp³-hybridized carbons (Fsp3) is 0.364. The summed E-state index contributed by atoms with van der Waals surface area (Å²) in [5, 5.41) is 13.3. The van der Waals surface area contributed by atoms with Crippen LogP contribution < -0.4 is 16.4 Å². The van der Waals surface area contributed by atoms with Crippen LogP contribution in [-0.2, 0) is 17.8 Å². The van der Waals surface area contributed by atoms with Gasteiger partial charge < -0.3 is 26.4 Å². The molecule has 8 heteroatoms. The third-order valence-corrected chi connectivity index (χ3v) is 4.87. The molecule has 0 saturated carbocycles. The number of hydrogen-bond acceptors (Lipinski definition) is 4. The van der Waals surface area contributed by atoms with Crippen molar-refractivity contribution < 1.29 is 19.1 Å². The number of carbonyl (C=O) groups excluding carboxylic acids is 1. The van der Waals surface area contributed by atoms with Gasteiger partial charge in [-0.3, -0.25) is 4.79 Å². The van der Waals surface area contributed by atoms with Crippen molar-refractivity contribution in [3.63, 3.8) is 0 Å². The molecule has 1 heterocycles. The lowest BCUT2D eigenvalue weighted by molar-refractivity contribution is -0.122. The largest absolute Gasteiger partial charge is 0.483 e. The smallest absolute Gasteiger partial charge is 0.317 e. The zero-order valence-electron chi connectivity index (χ0n) is 16.9. The minimum atomic E-state index is -0.287. The standard InChI is InChI=1S/C21H27FN4O.CH2O2/c22-18-3-1-2-17(14-18)15-24-21(27)26-12-9-20(10-13-26)25-19-6-4-16(5-7-19)8-11-23;2-1-3/h1-7,14,20,25H,8-13,15,23H2,(H,24,27);1H,(H,2,3). The van der Waals surface area contributed by atoms with Crippen LogP contribution in [0.4, 0.5) is 14.9 Å². The molecule has 0 atom stereocenters. The van der Waals surface area contributed by atoms with E-state index >= 15 is 0 Å². The van der Waals surface area contributed by atoms with Gasteiger partial charge in [-0.05, 0) is 61.2 Å². The summed E-state index contributed by atoms with van der Waals surface area (Å²) in [5.41, 5.74) is 8.68. The van der Waals surface area contributed by atoms with Gasteiger partial charge in [-0.2, -0.15) is 0 Å². The summed E-state index contributed by atoms with van der Waals surface area (Å²) in [6, 6.07) is 14.9. The Bertz CT molecular complexity index is 793. The minimum absolute atomic E-state index is 0.0937. The van der Waals surface area contributed by atoms with Gasteiger partial charge in [0.2, 0.25) is 0 Å². The van der Waals surface area contributed by atoms with E-state index in [1.807, 2.05) is 4.90 Å². The van der Waals surface area contributed by atoms with Crippen molar-refractivity contribution in [1.29, 1.82) is 0 Å². The van der Waals surface area contributed by atoms with Gasteiger partial charge in [-0.15, -0.1) is 0 Å². The molecule has 0 spiro atoms. The number of nitrogens with one attached hydrogen (secondary N) is 2. The molecule has 1 saturated heterocycles. The van der Waals surface area contributed by atoms with Gasteiger partial charge in [0.05, 0.1) is 0 Å². The molecule has 2 amide bonds. The number of piperidine rings is 1. The minimum Gasteiger partial charge on any atom is -0.483 e. The lowest BCUT2D eigenvalue weighted by Crippen LogP contribution is -2.46. The van der Waals surface area contributed by atoms with Crippen LogP contribution >= 0.6 is 0 Å². The Morgan fingerprint density at radius 2 is 1.83 bits per heavy atom. The highest BCUT2D eigenvalue weighted by atomic mass is 19.1. The molecule has 1 aliphatic rings. The predicted molar refractivity (Wildman–Crippen MR) is 115 cm³/mol. The van der Waals surface area contributed by atoms with E-state index in [2.05, 4.69) is 34.9 Å². The van der Waals surface area contributed by atoms with Crippen LogP contribution in [0.15, 0.2) is 48.5 Å². The first-order valence-corrected chi connectivity index (χ1v) is 9.96. The van der Waals surface area contributed by atoms with Crippen LogP contribution in [0.3, 0.4) is 0 Å². The zero-order valence-corrected chi connectivity index (χ0v) is 16.9. The summed E-state index contributed by atoms with van der Waals surface area (Å²) >= 11 is 0. The molecule has 30 heavy (non-hydrogen) atoms. The van der Waals surface area contributed by atoms with Gasteiger partial charge in [0, 0.05) is 31.4 Å². The summed E-state index contributed by atoms with van der Waals surface area (Å²) in [4.78, 5) is 22.5. The molecule has 5 N–H and O–H groups in total. The highest BCUT2D eigenvalue weighted by Gasteiger charge is 2.22. The highest BCUT2D eigenvalue weighted by molar-refractivity contribution is 5.74. The van der Waals surface area contributed by atoms with E-state index in [9.17, 15) is 9.18 Å². The van der Waals surface area contributed by atoms with Gasteiger partial charge in [0.25, 0.3) is 6.47 Å². The van der Waals surface area contributed by atoms with Crippen molar-refractivity contribution in [1.82, 2.24) is 10.2 Å². The molecular weight excluding hydrogens is 387 g/mol. The number of rotatable bonds is 6. The second-order valence-corrected chi connectivity index (χ2v) is 7.04. The normalized spacial score (nSPS) is 13.7. The van der Waals surface area contributed by atoms with E-state index in [4.69, 9.17) is 15.6 Å². The average molecular weight is 416 g/mol. The molecule has 2 aromatic carbocycles. The monoisotopic (exact) mass is 416 g/mol. The molecule has 0 radical (unpaired) electrons. The van der Waals surface area contributed by atoms with Crippen molar-refractivity contribution in [2.75, 3.05) is 25.0 Å². The molecule has 0 bridgehead atoms. The zero-order chi connectivity index (χ0) is 21.8. The Morgan fingerprint density at radius 3 is 2.43 bits per heavy atom. The van der Waals surface area contributed by atoms with Crippen molar-refractivity contribution in [2.24, 2.45) is 5.73 Å². The van der Waals surface area contributed by atoms with Crippen LogP contribution in [0, 0.1) is 5.82 Å². The Labute approximate surface area is 176 Å². The first kappa shape index (κ1) is 23.2. The topological polar surface area (TPSA) is 108 Å². The van der Waals surface area contributed by atoms with Crippen molar-refractivity contribution in [3.05, 3.63) is 65.5 Å². The second kappa shape index (κ2) is 12.4. The van der Waals surface area contributed by atoms with E-state index in [1.165, 1.54) is 17.7 Å². The molecular formula is C22H29FN4O3. The van der Waals surface area contributed by atoms with Gasteiger partial charge in [-0.1, -0.05) is 24.3 Å². The molecule has 0 aliphatic carbocycles. The molecule has 162 valence electrons. The van der Waals surface area contributed by atoms with E-state index in [0.29, 0.717) is 32.2 Å². The van der Waals surface area contributed by atoms with Gasteiger partial charge in [0.15, 0.2) is 0 Å². The number of carboxylic acid groups (broad SMARTS) is 1. The number of hydrogen-bond donors (Lipinski definition) is 4. The molecule has 0 unspecified atom stereocenters. The fourth-order valence-corrected chi connectivity index (χ4v) is 3.33. The van der Waals surface area contributed by atoms with E-state index in [0.717, 1.165) is 30.5 Å². The second-order valence-electron chi connectivity index (χ2n) is 7.04. The molecule has 0 aromatic heterocycles. The van der Waals surface area contributed by atoms with E-state index in [-0.39, 0.29) is 18.3 Å². The fourth-order valence-electron chi connectivity index (χ4n) is 3.33. The van der Waals surface area contributed by atoms with E-state index < -0.39 is 0 Å². The van der Waals surface area contributed by atoms with Gasteiger partial charge >= 0.3 is 6.03 Å². The van der Waals surface area contributed by atoms with E-state index in [1.54, 1.807) is 12.1 Å². The maximum absolute atomic E-state index is 13.2. The molecule has 3 rings (SSSR count). The SMILES string of the molecule is NCCc1ccc(NC2CCN(C(=O)NCc3cccc(F)c3)CC2)cc1.O=CO. The number of carbonyl (C=O) groups is 2. The lowest BCUT2D eigenvalue weighted by atomic mass is 10.0. The number of benzene rings is 2. The molecule has 1 fully saturated rings. The Hall–Kier alpha value is -3.13. The summed E-state index contributed by atoms with van der Waals surface area (Å²) in [5.74, 6) is -0.287. The predicted octanol–water partition coefficient (Wildman–Crippen LogP) is 2.81. The number of nitrogens with zero attached hydrogens (tertiary/aromatic N) is 1. The van der Waals surface area contributed by atoms with Crippen LogP contribution in [0.1, 0.15) is 24.0 Å². The number of anilines is 1. The van der Waals surface area contributed by atoms with Crippen LogP contribution in [0.25, 0.3) is 0 Å². The number of halogens is 1. The summed E-state index contributed by atoms with van der Waals surface area (Å²) < 4.78 is 13.2. The molecule has 7 nitrogen and oxygen atoms in total. The third kappa shape index (κ3) is 7.71. The first-order chi connectivity index (χ1) is 14.5. The van der Waals surface area contributed by atoms with Crippen LogP contribution in [0.5, 0.6) is 0 Å².